The number of carbonyl (C=O) groups excluding carboxylic acids is 1. The largest absolute Gasteiger partial charge is 0.355 e. The zero-order valence-corrected chi connectivity index (χ0v) is 17.2. The highest BCUT2D eigenvalue weighted by atomic mass is 32.2. The van der Waals surface area contributed by atoms with Crippen LogP contribution in [0.25, 0.3) is 5.78 Å². The van der Waals surface area contributed by atoms with Gasteiger partial charge >= 0.3 is 0 Å². The van der Waals surface area contributed by atoms with Crippen molar-refractivity contribution in [3.05, 3.63) is 29.3 Å². The number of amides is 1. The third kappa shape index (κ3) is 4.69. The fourth-order valence-corrected chi connectivity index (χ4v) is 3.50. The number of nitrogens with one attached hydrogen (secondary N) is 3. The average Bonchev–Trinajstić information content (AvgIpc) is 3.03. The molecule has 2 heterocycles. The molecule has 0 aliphatic carbocycles. The van der Waals surface area contributed by atoms with Crippen molar-refractivity contribution in [2.45, 2.75) is 32.9 Å². The Labute approximate surface area is 167 Å². The Morgan fingerprint density at radius 2 is 1.75 bits per heavy atom. The maximum Gasteiger partial charge on any atom is 0.261 e. The number of rotatable bonds is 8. The van der Waals surface area contributed by atoms with Gasteiger partial charge in [0.15, 0.2) is 5.16 Å². The van der Waals surface area contributed by atoms with Crippen LogP contribution in [0.3, 0.4) is 0 Å². The first-order chi connectivity index (χ1) is 13.5. The van der Waals surface area contributed by atoms with Gasteiger partial charge in [-0.05, 0) is 51.0 Å². The molecule has 3 aromatic rings. The van der Waals surface area contributed by atoms with E-state index >= 15 is 0 Å². The molecule has 0 saturated carbocycles. The average molecular weight is 401 g/mol. The molecule has 2 aromatic heterocycles. The van der Waals surface area contributed by atoms with Crippen LogP contribution in [0.5, 0.6) is 0 Å². The molecule has 0 fully saturated rings. The number of thioether (sulfide) groups is 1. The van der Waals surface area contributed by atoms with Crippen LogP contribution in [0.15, 0.2) is 23.4 Å². The highest BCUT2D eigenvalue weighted by Gasteiger charge is 2.16. The van der Waals surface area contributed by atoms with Crippen molar-refractivity contribution in [2.24, 2.45) is 0 Å². The van der Waals surface area contributed by atoms with E-state index < -0.39 is 0 Å². The molecule has 0 radical (unpaired) electrons. The van der Waals surface area contributed by atoms with Gasteiger partial charge < -0.3 is 16.0 Å². The molecule has 1 amide bonds. The first-order valence-electron chi connectivity index (χ1n) is 9.12. The maximum absolute atomic E-state index is 12.4. The quantitative estimate of drug-likeness (QED) is 0.495. The van der Waals surface area contributed by atoms with E-state index in [-0.39, 0.29) is 11.7 Å². The number of anilines is 3. The fraction of sp³-hybridized carbons (Fsp3) is 0.389. The summed E-state index contributed by atoms with van der Waals surface area (Å²) < 4.78 is 1.72. The van der Waals surface area contributed by atoms with Crippen LogP contribution >= 0.6 is 11.8 Å². The van der Waals surface area contributed by atoms with Gasteiger partial charge in [-0.2, -0.15) is 9.97 Å². The second-order valence-electron chi connectivity index (χ2n) is 6.26. The molecule has 1 aromatic carbocycles. The van der Waals surface area contributed by atoms with E-state index in [0.717, 1.165) is 16.8 Å². The lowest BCUT2D eigenvalue weighted by Gasteiger charge is -2.10. The van der Waals surface area contributed by atoms with Crippen LogP contribution in [0.1, 0.15) is 25.0 Å². The minimum Gasteiger partial charge on any atom is -0.355 e. The van der Waals surface area contributed by atoms with E-state index in [4.69, 9.17) is 0 Å². The Hall–Kier alpha value is -2.88. The van der Waals surface area contributed by atoms with Crippen molar-refractivity contribution in [1.29, 1.82) is 0 Å². The molecular formula is C18H24N8OS. The predicted molar refractivity (Wildman–Crippen MR) is 112 cm³/mol. The summed E-state index contributed by atoms with van der Waals surface area (Å²) >= 11 is 1.29. The van der Waals surface area contributed by atoms with E-state index in [2.05, 4.69) is 42.2 Å². The summed E-state index contributed by atoms with van der Waals surface area (Å²) in [6.45, 7) is 9.35. The Kier molecular flexibility index (Phi) is 6.30. The minimum absolute atomic E-state index is 0.109. The van der Waals surface area contributed by atoms with Crippen LogP contribution in [0.2, 0.25) is 0 Å². The fourth-order valence-electron chi connectivity index (χ4n) is 2.77. The van der Waals surface area contributed by atoms with Crippen molar-refractivity contribution < 1.29 is 4.79 Å². The summed E-state index contributed by atoms with van der Waals surface area (Å²) in [5, 5.41) is 18.1. The van der Waals surface area contributed by atoms with Crippen molar-refractivity contribution in [2.75, 3.05) is 34.8 Å². The van der Waals surface area contributed by atoms with E-state index in [0.29, 0.717) is 35.9 Å². The third-order valence-corrected chi connectivity index (χ3v) is 4.68. The Morgan fingerprint density at radius 1 is 1.04 bits per heavy atom. The van der Waals surface area contributed by atoms with Gasteiger partial charge in [-0.3, -0.25) is 4.79 Å². The third-order valence-electron chi connectivity index (χ3n) is 3.75. The van der Waals surface area contributed by atoms with E-state index in [1.54, 1.807) is 4.40 Å². The Bertz CT molecular complexity index is 967. The number of fused-ring (bicyclic) bond motifs is 1. The first-order valence-corrected chi connectivity index (χ1v) is 10.1. The normalized spacial score (nSPS) is 10.9. The topological polar surface area (TPSA) is 109 Å². The monoisotopic (exact) mass is 400 g/mol. The zero-order chi connectivity index (χ0) is 20.1. The van der Waals surface area contributed by atoms with Crippen LogP contribution in [-0.2, 0) is 4.79 Å². The summed E-state index contributed by atoms with van der Waals surface area (Å²) in [5.41, 5.74) is 3.01. The number of benzene rings is 1. The number of hydrogen-bond donors (Lipinski definition) is 3. The molecule has 9 nitrogen and oxygen atoms in total. The van der Waals surface area contributed by atoms with Crippen molar-refractivity contribution in [3.63, 3.8) is 0 Å². The SMILES string of the molecule is CCNc1nc(NCC)n2c(SCC(=O)Nc3cc(C)cc(C)c3)nnc2n1. The van der Waals surface area contributed by atoms with E-state index in [9.17, 15) is 4.79 Å². The standard InChI is InChI=1S/C18H24N8OS/c1-5-19-15-22-16(20-6-2)26-17(23-15)24-25-18(26)28-10-14(27)21-13-8-11(3)7-12(4)9-13/h7-9H,5-6,10H2,1-4H3,(H,21,27)(H2,19,20,22,23,24). The summed E-state index contributed by atoms with van der Waals surface area (Å²) in [6.07, 6.45) is 0. The van der Waals surface area contributed by atoms with Gasteiger partial charge in [-0.25, -0.2) is 4.40 Å². The molecule has 0 atom stereocenters. The number of aryl methyl sites for hydroxylation is 2. The van der Waals surface area contributed by atoms with E-state index in [1.165, 1.54) is 11.8 Å². The van der Waals surface area contributed by atoms with Crippen molar-refractivity contribution >= 4 is 41.0 Å². The molecular weight excluding hydrogens is 376 g/mol. The van der Waals surface area contributed by atoms with Crippen LogP contribution in [0.4, 0.5) is 17.6 Å². The molecule has 0 saturated heterocycles. The van der Waals surface area contributed by atoms with Gasteiger partial charge in [0.1, 0.15) is 0 Å². The molecule has 3 rings (SSSR count). The summed E-state index contributed by atoms with van der Waals surface area (Å²) in [7, 11) is 0. The van der Waals surface area contributed by atoms with Gasteiger partial charge in [-0.1, -0.05) is 17.8 Å². The summed E-state index contributed by atoms with van der Waals surface area (Å²) in [5.74, 6) is 1.60. The molecule has 0 aliphatic rings. The molecule has 0 bridgehead atoms. The molecule has 28 heavy (non-hydrogen) atoms. The number of hydrogen-bond acceptors (Lipinski definition) is 8. The van der Waals surface area contributed by atoms with Crippen LogP contribution < -0.4 is 16.0 Å². The van der Waals surface area contributed by atoms with Gasteiger partial charge in [0.2, 0.25) is 17.8 Å². The molecule has 0 unspecified atom stereocenters. The Morgan fingerprint density at radius 3 is 2.43 bits per heavy atom. The molecule has 148 valence electrons. The molecule has 3 N–H and O–H groups in total. The van der Waals surface area contributed by atoms with Crippen molar-refractivity contribution in [1.82, 2.24) is 24.6 Å². The number of carbonyl (C=O) groups is 1. The second kappa shape index (κ2) is 8.87. The van der Waals surface area contributed by atoms with Crippen LogP contribution in [-0.4, -0.2) is 49.3 Å². The summed E-state index contributed by atoms with van der Waals surface area (Å²) in [6, 6.07) is 5.96. The first kappa shape index (κ1) is 19.9. The van der Waals surface area contributed by atoms with E-state index in [1.807, 2.05) is 39.8 Å². The molecule has 0 spiro atoms. The number of aromatic nitrogens is 5. The lowest BCUT2D eigenvalue weighted by atomic mass is 10.1. The van der Waals surface area contributed by atoms with Gasteiger partial charge in [0.05, 0.1) is 5.75 Å². The molecule has 0 aliphatic heterocycles. The zero-order valence-electron chi connectivity index (χ0n) is 16.4. The lowest BCUT2D eigenvalue weighted by Crippen LogP contribution is -2.15. The maximum atomic E-state index is 12.4. The second-order valence-corrected chi connectivity index (χ2v) is 7.21. The van der Waals surface area contributed by atoms with Crippen LogP contribution in [0, 0.1) is 13.8 Å². The van der Waals surface area contributed by atoms with Gasteiger partial charge in [0, 0.05) is 18.8 Å². The predicted octanol–water partition coefficient (Wildman–Crippen LogP) is 2.73. The van der Waals surface area contributed by atoms with Crippen molar-refractivity contribution in [3.8, 4) is 0 Å². The summed E-state index contributed by atoms with van der Waals surface area (Å²) in [4.78, 5) is 21.2. The highest BCUT2D eigenvalue weighted by Crippen LogP contribution is 2.21. The highest BCUT2D eigenvalue weighted by molar-refractivity contribution is 7.99. The van der Waals surface area contributed by atoms with Gasteiger partial charge in [-0.15, -0.1) is 10.2 Å². The molecule has 10 heteroatoms. The Balaban J connectivity index is 1.75. The number of nitrogens with zero attached hydrogens (tertiary/aromatic N) is 5. The lowest BCUT2D eigenvalue weighted by molar-refractivity contribution is -0.113. The smallest absolute Gasteiger partial charge is 0.261 e. The van der Waals surface area contributed by atoms with Gasteiger partial charge in [0.25, 0.3) is 5.78 Å². The minimum atomic E-state index is -0.109.